The van der Waals surface area contributed by atoms with Crippen LogP contribution in [0.25, 0.3) is 10.8 Å². The number of benzene rings is 2. The van der Waals surface area contributed by atoms with Crippen LogP contribution in [0.3, 0.4) is 0 Å². The number of rotatable bonds is 2. The van der Waals surface area contributed by atoms with Gasteiger partial charge in [0.25, 0.3) is 0 Å². The van der Waals surface area contributed by atoms with Crippen LogP contribution in [0.4, 0.5) is 0 Å². The van der Waals surface area contributed by atoms with Crippen molar-refractivity contribution in [1.82, 2.24) is 0 Å². The van der Waals surface area contributed by atoms with Crippen molar-refractivity contribution in [3.05, 3.63) is 46.4 Å². The number of hydrogen-bond donors (Lipinski definition) is 0. The Morgan fingerprint density at radius 1 is 1.11 bits per heavy atom. The summed E-state index contributed by atoms with van der Waals surface area (Å²) in [6, 6.07) is 12.8. The molecule has 2 aromatic rings. The summed E-state index contributed by atoms with van der Waals surface area (Å²) < 4.78 is 6.94. The number of halogens is 2. The summed E-state index contributed by atoms with van der Waals surface area (Å²) in [6.07, 6.45) is 2.61. The Balaban J connectivity index is 2.08. The number of alkyl halides is 1. The normalized spacial score (nSPS) is 21.3. The first-order chi connectivity index (χ1) is 8.77. The van der Waals surface area contributed by atoms with E-state index in [9.17, 15) is 0 Å². The lowest BCUT2D eigenvalue weighted by Crippen LogP contribution is -2.12. The summed E-state index contributed by atoms with van der Waals surface area (Å²) in [5.74, 6) is 0. The molecule has 2 unspecified atom stereocenters. The van der Waals surface area contributed by atoms with Gasteiger partial charge in [0.15, 0.2) is 0 Å². The molecule has 3 rings (SSSR count). The summed E-state index contributed by atoms with van der Waals surface area (Å²) in [6.45, 7) is 0.890. The van der Waals surface area contributed by atoms with Crippen molar-refractivity contribution in [2.45, 2.75) is 23.8 Å². The largest absolute Gasteiger partial charge is 0.377 e. The van der Waals surface area contributed by atoms with E-state index in [0.717, 1.165) is 17.5 Å². The zero-order chi connectivity index (χ0) is 12.5. The number of ether oxygens (including phenoxy) is 1. The first kappa shape index (κ1) is 12.6. The molecule has 1 aliphatic rings. The van der Waals surface area contributed by atoms with Gasteiger partial charge in [-0.2, -0.15) is 0 Å². The van der Waals surface area contributed by atoms with Gasteiger partial charge >= 0.3 is 0 Å². The highest BCUT2D eigenvalue weighted by Crippen LogP contribution is 2.39. The Labute approximate surface area is 124 Å². The molecule has 2 aromatic carbocycles. The minimum atomic E-state index is 0.276. The van der Waals surface area contributed by atoms with Crippen molar-refractivity contribution >= 4 is 42.6 Å². The van der Waals surface area contributed by atoms with E-state index in [1.165, 1.54) is 22.8 Å². The smallest absolute Gasteiger partial charge is 0.0742 e. The van der Waals surface area contributed by atoms with Gasteiger partial charge in [-0.3, -0.25) is 0 Å². The van der Waals surface area contributed by atoms with E-state index >= 15 is 0 Å². The van der Waals surface area contributed by atoms with Crippen molar-refractivity contribution < 1.29 is 4.74 Å². The van der Waals surface area contributed by atoms with Gasteiger partial charge in [-0.05, 0) is 35.2 Å². The fraction of sp³-hybridized carbons (Fsp3) is 0.333. The second-order valence-electron chi connectivity index (χ2n) is 4.64. The van der Waals surface area contributed by atoms with Gasteiger partial charge in [-0.1, -0.05) is 62.2 Å². The Hall–Kier alpha value is -0.380. The highest BCUT2D eigenvalue weighted by Gasteiger charge is 2.26. The molecule has 1 aliphatic heterocycles. The molecule has 2 atom stereocenters. The Bertz CT molecular complexity index is 561. The molecule has 0 bridgehead atoms. The SMILES string of the molecule is Brc1ccc(C(Br)C2CCCO2)c2ccccc12. The molecule has 1 nitrogen and oxygen atoms in total. The van der Waals surface area contributed by atoms with Crippen LogP contribution in [-0.2, 0) is 4.74 Å². The molecule has 18 heavy (non-hydrogen) atoms. The third kappa shape index (κ3) is 2.24. The molecule has 0 spiro atoms. The van der Waals surface area contributed by atoms with Crippen molar-refractivity contribution in [3.8, 4) is 0 Å². The van der Waals surface area contributed by atoms with Crippen LogP contribution in [-0.4, -0.2) is 12.7 Å². The van der Waals surface area contributed by atoms with Crippen molar-refractivity contribution in [2.24, 2.45) is 0 Å². The highest BCUT2D eigenvalue weighted by molar-refractivity contribution is 9.10. The summed E-state index contributed by atoms with van der Waals surface area (Å²) in [5.41, 5.74) is 1.32. The second kappa shape index (κ2) is 5.32. The first-order valence-electron chi connectivity index (χ1n) is 6.20. The van der Waals surface area contributed by atoms with Gasteiger partial charge in [-0.25, -0.2) is 0 Å². The molecular weight excluding hydrogens is 356 g/mol. The van der Waals surface area contributed by atoms with E-state index in [2.05, 4.69) is 68.3 Å². The molecule has 0 saturated carbocycles. The number of fused-ring (bicyclic) bond motifs is 1. The van der Waals surface area contributed by atoms with Crippen LogP contribution in [0.15, 0.2) is 40.9 Å². The minimum absolute atomic E-state index is 0.276. The monoisotopic (exact) mass is 368 g/mol. The topological polar surface area (TPSA) is 9.23 Å². The summed E-state index contributed by atoms with van der Waals surface area (Å²) in [4.78, 5) is 0.276. The molecule has 1 saturated heterocycles. The third-order valence-corrected chi connectivity index (χ3v) is 5.27. The molecular formula is C15H14Br2O. The third-order valence-electron chi connectivity index (χ3n) is 3.49. The highest BCUT2D eigenvalue weighted by atomic mass is 79.9. The predicted octanol–water partition coefficient (Wildman–Crippen LogP) is 5.22. The molecule has 0 N–H and O–H groups in total. The van der Waals surface area contributed by atoms with Crippen molar-refractivity contribution in [3.63, 3.8) is 0 Å². The average Bonchev–Trinajstić information content (AvgIpc) is 2.93. The summed E-state index contributed by atoms with van der Waals surface area (Å²) in [5, 5.41) is 2.56. The fourth-order valence-electron chi connectivity index (χ4n) is 2.56. The molecule has 1 heterocycles. The lowest BCUT2D eigenvalue weighted by Gasteiger charge is -2.19. The van der Waals surface area contributed by atoms with Gasteiger partial charge in [-0.15, -0.1) is 0 Å². The summed E-state index contributed by atoms with van der Waals surface area (Å²) >= 11 is 7.44. The van der Waals surface area contributed by atoms with Gasteiger partial charge in [0, 0.05) is 11.1 Å². The van der Waals surface area contributed by atoms with Crippen LogP contribution in [0, 0.1) is 0 Å². The zero-order valence-electron chi connectivity index (χ0n) is 9.90. The predicted molar refractivity (Wildman–Crippen MR) is 82.3 cm³/mol. The lowest BCUT2D eigenvalue weighted by molar-refractivity contribution is 0.111. The van der Waals surface area contributed by atoms with Crippen molar-refractivity contribution in [1.29, 1.82) is 0 Å². The quantitative estimate of drug-likeness (QED) is 0.659. The number of hydrogen-bond acceptors (Lipinski definition) is 1. The molecule has 94 valence electrons. The first-order valence-corrected chi connectivity index (χ1v) is 7.91. The Morgan fingerprint density at radius 3 is 2.61 bits per heavy atom. The molecule has 0 aromatic heterocycles. The van der Waals surface area contributed by atoms with E-state index < -0.39 is 0 Å². The van der Waals surface area contributed by atoms with E-state index in [1.54, 1.807) is 0 Å². The zero-order valence-corrected chi connectivity index (χ0v) is 13.1. The van der Waals surface area contributed by atoms with Gasteiger partial charge in [0.05, 0.1) is 10.9 Å². The van der Waals surface area contributed by atoms with E-state index in [-0.39, 0.29) is 4.83 Å². The van der Waals surface area contributed by atoms with E-state index in [0.29, 0.717) is 6.10 Å². The maximum atomic E-state index is 5.79. The molecule has 0 amide bonds. The van der Waals surface area contributed by atoms with E-state index in [4.69, 9.17) is 4.74 Å². The van der Waals surface area contributed by atoms with Gasteiger partial charge < -0.3 is 4.74 Å². The van der Waals surface area contributed by atoms with Crippen molar-refractivity contribution in [2.75, 3.05) is 6.61 Å². The molecule has 0 radical (unpaired) electrons. The molecule has 1 fully saturated rings. The summed E-state index contributed by atoms with van der Waals surface area (Å²) in [7, 11) is 0. The maximum Gasteiger partial charge on any atom is 0.0742 e. The van der Waals surface area contributed by atoms with Gasteiger partial charge in [0.1, 0.15) is 0 Å². The van der Waals surface area contributed by atoms with Crippen LogP contribution < -0.4 is 0 Å². The average molecular weight is 370 g/mol. The maximum absolute atomic E-state index is 5.79. The van der Waals surface area contributed by atoms with Crippen LogP contribution in [0.5, 0.6) is 0 Å². The standard InChI is InChI=1S/C15H14Br2O/c16-13-8-7-12(10-4-1-2-5-11(10)13)15(17)14-6-3-9-18-14/h1-2,4-5,7-8,14-15H,3,6,9H2. The van der Waals surface area contributed by atoms with Crippen LogP contribution >= 0.6 is 31.9 Å². The van der Waals surface area contributed by atoms with Crippen LogP contribution in [0.1, 0.15) is 23.2 Å². The van der Waals surface area contributed by atoms with Crippen LogP contribution in [0.2, 0.25) is 0 Å². The fourth-order valence-corrected chi connectivity index (χ4v) is 3.85. The van der Waals surface area contributed by atoms with E-state index in [1.807, 2.05) is 0 Å². The molecule has 0 aliphatic carbocycles. The second-order valence-corrected chi connectivity index (χ2v) is 6.48. The van der Waals surface area contributed by atoms with Gasteiger partial charge in [0.2, 0.25) is 0 Å². The molecule has 3 heteroatoms. The minimum Gasteiger partial charge on any atom is -0.377 e. The lowest BCUT2D eigenvalue weighted by atomic mass is 9.99. The Kier molecular flexibility index (Phi) is 3.73. The Morgan fingerprint density at radius 2 is 1.89 bits per heavy atom.